The number of benzene rings is 3. The number of pyridine rings is 1. The summed E-state index contributed by atoms with van der Waals surface area (Å²) in [4.78, 5) is 5.62. The Kier molecular flexibility index (Phi) is 9.06. The van der Waals surface area contributed by atoms with Crippen LogP contribution in [-0.4, -0.2) is 22.3 Å². The van der Waals surface area contributed by atoms with Gasteiger partial charge in [0.15, 0.2) is 0 Å². The van der Waals surface area contributed by atoms with E-state index in [1.165, 1.54) is 60.6 Å². The van der Waals surface area contributed by atoms with Crippen LogP contribution in [0.5, 0.6) is 0 Å². The molecule has 0 radical (unpaired) electrons. The Labute approximate surface area is 281 Å². The van der Waals surface area contributed by atoms with Crippen LogP contribution in [0.4, 0.5) is 5.69 Å². The second kappa shape index (κ2) is 12.5. The van der Waals surface area contributed by atoms with Crippen molar-refractivity contribution in [1.82, 2.24) is 4.98 Å². The fourth-order valence-electron chi connectivity index (χ4n) is 7.22. The van der Waals surface area contributed by atoms with E-state index in [1.807, 2.05) is 0 Å². The number of nitrogens with zero attached hydrogens (tertiary/aromatic N) is 1. The SMILES string of the molecule is Cc1c2cccc3c2nc2c(cccc12)CP(C(C)C)c1cc(C(C)(C)C)ccc1NC1CC=C(C(C)(C)C)C=C1P(C(C)C)C3. The van der Waals surface area contributed by atoms with Crippen LogP contribution in [0.15, 0.2) is 77.6 Å². The molecule has 0 spiro atoms. The van der Waals surface area contributed by atoms with Crippen molar-refractivity contribution in [3.05, 3.63) is 99.9 Å². The van der Waals surface area contributed by atoms with Gasteiger partial charge in [0.05, 0.1) is 17.1 Å². The lowest BCUT2D eigenvalue weighted by Crippen LogP contribution is -2.29. The van der Waals surface area contributed by atoms with E-state index in [1.54, 1.807) is 5.31 Å². The van der Waals surface area contributed by atoms with Crippen LogP contribution in [0.1, 0.15) is 97.9 Å². The summed E-state index contributed by atoms with van der Waals surface area (Å²) in [5.74, 6) is 0. The van der Waals surface area contributed by atoms with E-state index in [2.05, 4.69) is 148 Å². The predicted octanol–water partition coefficient (Wildman–Crippen LogP) is 12.2. The minimum absolute atomic E-state index is 0.0890. The fourth-order valence-corrected chi connectivity index (χ4v) is 12.3. The third-order valence-electron chi connectivity index (χ3n) is 10.1. The third-order valence-corrected chi connectivity index (χ3v) is 16.1. The normalized spacial score (nSPS) is 20.8. The number of aromatic nitrogens is 1. The van der Waals surface area contributed by atoms with E-state index in [4.69, 9.17) is 4.98 Å². The Morgan fingerprint density at radius 3 is 1.89 bits per heavy atom. The Morgan fingerprint density at radius 2 is 1.35 bits per heavy atom. The van der Waals surface area contributed by atoms with Crippen molar-refractivity contribution < 1.29 is 0 Å². The first-order valence-electron chi connectivity index (χ1n) is 17.3. The Hall–Kier alpha value is -2.53. The van der Waals surface area contributed by atoms with Crippen molar-refractivity contribution in [2.24, 2.45) is 5.41 Å². The maximum absolute atomic E-state index is 5.62. The topological polar surface area (TPSA) is 24.9 Å². The highest BCUT2D eigenvalue weighted by atomic mass is 31.1. The van der Waals surface area contributed by atoms with Crippen LogP contribution in [-0.2, 0) is 17.7 Å². The highest BCUT2D eigenvalue weighted by Crippen LogP contribution is 2.57. The van der Waals surface area contributed by atoms with Gasteiger partial charge in [0, 0.05) is 16.5 Å². The summed E-state index contributed by atoms with van der Waals surface area (Å²) < 4.78 is 0. The van der Waals surface area contributed by atoms with Crippen LogP contribution in [0.3, 0.4) is 0 Å². The Bertz CT molecular complexity index is 1850. The van der Waals surface area contributed by atoms with Crippen molar-refractivity contribution in [2.75, 3.05) is 5.32 Å². The van der Waals surface area contributed by atoms with Crippen molar-refractivity contribution in [3.8, 4) is 0 Å². The number of hydrogen-bond acceptors (Lipinski definition) is 2. The van der Waals surface area contributed by atoms with Crippen molar-refractivity contribution in [2.45, 2.75) is 118 Å². The number of hydrogen-bond donors (Lipinski definition) is 1. The van der Waals surface area contributed by atoms with Gasteiger partial charge in [-0.05, 0) is 98.4 Å². The molecule has 4 heteroatoms. The molecule has 46 heavy (non-hydrogen) atoms. The van der Waals surface area contributed by atoms with Gasteiger partial charge in [-0.1, -0.05) is 140 Å². The van der Waals surface area contributed by atoms with Gasteiger partial charge in [-0.2, -0.15) is 0 Å². The van der Waals surface area contributed by atoms with Gasteiger partial charge in [0.2, 0.25) is 0 Å². The first-order valence-corrected chi connectivity index (χ1v) is 20.5. The zero-order valence-corrected chi connectivity index (χ0v) is 31.8. The number of rotatable bonds is 2. The molecule has 1 aromatic heterocycles. The second-order valence-electron chi connectivity index (χ2n) is 16.2. The lowest BCUT2D eigenvalue weighted by atomic mass is 9.82. The van der Waals surface area contributed by atoms with Gasteiger partial charge in [-0.25, -0.2) is 4.98 Å². The van der Waals surface area contributed by atoms with Gasteiger partial charge in [0.1, 0.15) is 0 Å². The summed E-state index contributed by atoms with van der Waals surface area (Å²) >= 11 is 0. The second-order valence-corrected chi connectivity index (χ2v) is 21.8. The Morgan fingerprint density at radius 1 is 0.761 bits per heavy atom. The summed E-state index contributed by atoms with van der Waals surface area (Å²) in [5, 5.41) is 9.98. The molecular formula is C42H54N2P2. The lowest BCUT2D eigenvalue weighted by molar-refractivity contribution is 0.510. The van der Waals surface area contributed by atoms with Crippen molar-refractivity contribution in [3.63, 3.8) is 0 Å². The number of fused-ring (bicyclic) bond motifs is 2. The fraction of sp³-hybridized carbons (Fsp3) is 0.452. The van der Waals surface area contributed by atoms with Crippen molar-refractivity contribution in [1.29, 1.82) is 0 Å². The number of nitrogens with one attached hydrogen (secondary N) is 1. The highest BCUT2D eigenvalue weighted by Gasteiger charge is 2.32. The van der Waals surface area contributed by atoms with E-state index in [0.29, 0.717) is 11.3 Å². The molecule has 2 nitrogen and oxygen atoms in total. The first-order chi connectivity index (χ1) is 21.6. The molecule has 3 unspecified atom stereocenters. The van der Waals surface area contributed by atoms with E-state index in [-0.39, 0.29) is 16.9 Å². The molecule has 2 aliphatic rings. The molecule has 0 saturated heterocycles. The summed E-state index contributed by atoms with van der Waals surface area (Å²) in [5.41, 5.74) is 12.1. The van der Waals surface area contributed by atoms with E-state index >= 15 is 0 Å². The molecule has 3 aromatic carbocycles. The molecule has 0 fully saturated rings. The summed E-state index contributed by atoms with van der Waals surface area (Å²) in [6.45, 7) is 26.2. The van der Waals surface area contributed by atoms with Crippen LogP contribution < -0.4 is 10.6 Å². The monoisotopic (exact) mass is 648 g/mol. The minimum atomic E-state index is -0.515. The first kappa shape index (κ1) is 33.4. The third kappa shape index (κ3) is 6.34. The molecule has 1 aliphatic heterocycles. The van der Waals surface area contributed by atoms with Gasteiger partial charge in [-0.3, -0.25) is 0 Å². The largest absolute Gasteiger partial charge is 0.377 e. The molecule has 242 valence electrons. The number of aryl methyl sites for hydroxylation is 1. The number of para-hydroxylation sites is 2. The van der Waals surface area contributed by atoms with E-state index in [9.17, 15) is 0 Å². The number of allylic oxidation sites excluding steroid dienone is 2. The zero-order chi connectivity index (χ0) is 33.1. The van der Waals surface area contributed by atoms with Crippen LogP contribution in [0, 0.1) is 12.3 Å². The molecule has 3 atom stereocenters. The van der Waals surface area contributed by atoms with Gasteiger partial charge >= 0.3 is 0 Å². The smallest absolute Gasteiger partial charge is 0.0748 e. The molecule has 1 aliphatic carbocycles. The molecule has 0 saturated carbocycles. The molecule has 4 aromatic rings. The molecule has 6 rings (SSSR count). The average Bonchev–Trinajstić information content (AvgIpc) is 2.98. The average molecular weight is 649 g/mol. The van der Waals surface area contributed by atoms with Crippen LogP contribution in [0.2, 0.25) is 0 Å². The highest BCUT2D eigenvalue weighted by molar-refractivity contribution is 7.66. The maximum Gasteiger partial charge on any atom is 0.0748 e. The van der Waals surface area contributed by atoms with Gasteiger partial charge in [-0.15, -0.1) is 0 Å². The van der Waals surface area contributed by atoms with E-state index in [0.717, 1.165) is 18.7 Å². The van der Waals surface area contributed by atoms with Gasteiger partial charge in [0.25, 0.3) is 0 Å². The summed E-state index contributed by atoms with van der Waals surface area (Å²) in [6, 6.07) is 21.5. The van der Waals surface area contributed by atoms with Crippen LogP contribution in [0.25, 0.3) is 21.8 Å². The lowest BCUT2D eigenvalue weighted by Gasteiger charge is -2.37. The summed E-state index contributed by atoms with van der Waals surface area (Å²) in [7, 11) is -0.989. The maximum atomic E-state index is 5.62. The van der Waals surface area contributed by atoms with Crippen molar-refractivity contribution >= 4 is 48.6 Å². The Balaban J connectivity index is 1.67. The molecule has 1 N–H and O–H groups in total. The molecule has 2 bridgehead atoms. The van der Waals surface area contributed by atoms with E-state index < -0.39 is 15.8 Å². The predicted molar refractivity (Wildman–Crippen MR) is 208 cm³/mol. The quantitative estimate of drug-likeness (QED) is 0.173. The molecule has 2 heterocycles. The minimum Gasteiger partial charge on any atom is -0.377 e. The summed E-state index contributed by atoms with van der Waals surface area (Å²) in [6.07, 6.45) is 8.24. The molecular weight excluding hydrogens is 594 g/mol. The zero-order valence-electron chi connectivity index (χ0n) is 30.0. The van der Waals surface area contributed by atoms with Crippen LogP contribution >= 0.6 is 15.8 Å². The number of anilines is 1. The van der Waals surface area contributed by atoms with Gasteiger partial charge < -0.3 is 5.32 Å². The molecule has 0 amide bonds. The standard InChI is InChI=1S/C42H54N2P2/c1-26(2)45-24-29-14-12-16-33-28(5)34-17-13-15-30(40(34)44-39(29)33)25-46(27(3)4)38-23-32(42(9,10)11)19-21-36(38)43-35-20-18-31(22-37(35)45)41(6,7)8/h12-20,22-23,26-27,36,43H,21,24-25H2,1-11H3.